The lowest BCUT2D eigenvalue weighted by molar-refractivity contribution is -0.138. The van der Waals surface area contributed by atoms with Gasteiger partial charge in [-0.25, -0.2) is 5.48 Å². The molecule has 12 atom stereocenters. The average molecular weight is 841 g/mol. The van der Waals surface area contributed by atoms with Gasteiger partial charge in [-0.15, -0.1) is 0 Å². The molecule has 10 rings (SSSR count). The number of carbonyl (C=O) groups is 4. The van der Waals surface area contributed by atoms with Crippen LogP contribution in [0.2, 0.25) is 0 Å². The third-order valence-electron chi connectivity index (χ3n) is 16.8. The number of phenols is 1. The number of aromatic hydroxyl groups is 1. The molecule has 61 heavy (non-hydrogen) atoms. The van der Waals surface area contributed by atoms with Gasteiger partial charge in [-0.05, 0) is 155 Å². The molecule has 0 aromatic heterocycles. The maximum atomic E-state index is 12.5. The van der Waals surface area contributed by atoms with Crippen LogP contribution < -0.4 is 10.2 Å². The number of fused-ring (bicyclic) bond motifs is 5. The number of ketones is 3. The van der Waals surface area contributed by atoms with E-state index in [9.17, 15) is 24.6 Å². The van der Waals surface area contributed by atoms with Crippen molar-refractivity contribution in [2.45, 2.75) is 135 Å². The van der Waals surface area contributed by atoms with Crippen molar-refractivity contribution in [2.24, 2.45) is 46.3 Å². The molecule has 8 aliphatic rings. The SMILES string of the molecule is CC(=O)O.CC(=O)[C@H]1C(CO)C[C@H]2[C@@H]3CCC4=CC(=O)CC[C@]4(C)[C@H]3CC[C@]12C.CC(Cc1ccccc1)NO.CN1CC[C@]23c4c5ccc(O)c4O[C@H]2C(=O)CC[C@H]3[C@H]1C5. The molecular weight excluding hydrogens is 773 g/mol. The topological polar surface area (TPSA) is 174 Å². The monoisotopic (exact) mass is 840 g/mol. The van der Waals surface area contributed by atoms with Crippen LogP contribution in [0, 0.1) is 46.3 Å². The molecule has 0 amide bonds. The third kappa shape index (κ3) is 8.02. The molecule has 2 aromatic carbocycles. The molecule has 2 aromatic rings. The molecule has 0 radical (unpaired) electrons. The Morgan fingerprint density at radius 1 is 0.951 bits per heavy atom. The van der Waals surface area contributed by atoms with Gasteiger partial charge < -0.3 is 30.2 Å². The number of nitrogens with zero attached hydrogens (tertiary/aromatic N) is 1. The fourth-order valence-electron chi connectivity index (χ4n) is 14.2. The normalized spacial score (nSPS) is 36.6. The molecule has 2 heterocycles. The molecular formula is C50H68N2O9. The molecule has 2 unspecified atom stereocenters. The summed E-state index contributed by atoms with van der Waals surface area (Å²) in [6.45, 7) is 10.6. The van der Waals surface area contributed by atoms with Crippen LogP contribution in [0.4, 0.5) is 0 Å². The van der Waals surface area contributed by atoms with Gasteiger partial charge in [0.25, 0.3) is 5.97 Å². The number of aliphatic hydroxyl groups excluding tert-OH is 1. The number of likely N-dealkylation sites (tertiary alicyclic amines) is 1. The number of hydrogen-bond acceptors (Lipinski definition) is 10. The largest absolute Gasteiger partial charge is 0.504 e. The zero-order valence-electron chi connectivity index (χ0n) is 37.0. The number of aliphatic carboxylic acids is 1. The molecule has 1 saturated heterocycles. The van der Waals surface area contributed by atoms with E-state index < -0.39 is 5.97 Å². The second-order valence-electron chi connectivity index (χ2n) is 20.1. The van der Waals surface area contributed by atoms with Crippen molar-refractivity contribution in [3.8, 4) is 11.5 Å². The molecule has 5 N–H and O–H groups in total. The number of nitrogens with one attached hydrogen (secondary N) is 1. The molecule has 6 aliphatic carbocycles. The fourth-order valence-corrected chi connectivity index (χ4v) is 14.2. The van der Waals surface area contributed by atoms with E-state index in [4.69, 9.17) is 19.8 Å². The van der Waals surface area contributed by atoms with E-state index in [1.54, 1.807) is 13.0 Å². The minimum Gasteiger partial charge on any atom is -0.504 e. The van der Waals surface area contributed by atoms with Crippen molar-refractivity contribution in [3.05, 3.63) is 70.8 Å². The lowest BCUT2D eigenvalue weighted by atomic mass is 9.46. The van der Waals surface area contributed by atoms with Gasteiger partial charge in [0.1, 0.15) is 5.78 Å². The Balaban J connectivity index is 0.000000140. The summed E-state index contributed by atoms with van der Waals surface area (Å²) in [5.74, 6) is 3.25. The molecule has 1 spiro atoms. The predicted molar refractivity (Wildman–Crippen MR) is 231 cm³/mol. The number of phenolic OH excluding ortho intramolecular Hbond substituents is 1. The van der Waals surface area contributed by atoms with Crippen LogP contribution in [0.1, 0.15) is 116 Å². The van der Waals surface area contributed by atoms with Gasteiger partial charge in [0.15, 0.2) is 29.2 Å². The fraction of sp³-hybridized carbons (Fsp3) is 0.640. The van der Waals surface area contributed by atoms with Gasteiger partial charge in [-0.2, -0.15) is 0 Å². The van der Waals surface area contributed by atoms with Crippen molar-refractivity contribution in [3.63, 3.8) is 0 Å². The first-order valence-electron chi connectivity index (χ1n) is 22.7. The summed E-state index contributed by atoms with van der Waals surface area (Å²) in [5, 5.41) is 36.1. The van der Waals surface area contributed by atoms with Gasteiger partial charge in [0.2, 0.25) is 0 Å². The van der Waals surface area contributed by atoms with Gasteiger partial charge in [-0.1, -0.05) is 55.8 Å². The Kier molecular flexibility index (Phi) is 13.1. The number of carboxylic acid groups (broad SMARTS) is 1. The Hall–Kier alpha value is -3.90. The van der Waals surface area contributed by atoms with Crippen LogP contribution in [-0.2, 0) is 37.4 Å². The van der Waals surface area contributed by atoms with Crippen molar-refractivity contribution in [1.82, 2.24) is 10.4 Å². The Bertz CT molecular complexity index is 2010. The van der Waals surface area contributed by atoms with Crippen molar-refractivity contribution in [1.29, 1.82) is 0 Å². The zero-order chi connectivity index (χ0) is 44.0. The number of likely N-dealkylation sites (N-methyl/N-ethyl adjacent to an activating group) is 1. The molecule has 5 fully saturated rings. The van der Waals surface area contributed by atoms with Gasteiger partial charge in [0, 0.05) is 55.4 Å². The van der Waals surface area contributed by atoms with Crippen molar-refractivity contribution >= 4 is 23.3 Å². The van der Waals surface area contributed by atoms with Crippen LogP contribution in [0.25, 0.3) is 0 Å². The number of hydrogen-bond donors (Lipinski definition) is 5. The number of Topliss-reactive ketones (excluding diaryl/α,β-unsaturated/α-hetero) is 2. The number of benzene rings is 2. The van der Waals surface area contributed by atoms with Crippen LogP contribution in [-0.4, -0.2) is 87.1 Å². The Morgan fingerprint density at radius 3 is 2.34 bits per heavy atom. The van der Waals surface area contributed by atoms with Crippen molar-refractivity contribution in [2.75, 3.05) is 20.2 Å². The molecule has 4 saturated carbocycles. The quantitative estimate of drug-likeness (QED) is 0.192. The van der Waals surface area contributed by atoms with E-state index in [1.807, 2.05) is 49.4 Å². The van der Waals surface area contributed by atoms with Crippen LogP contribution in [0.15, 0.2) is 54.1 Å². The highest BCUT2D eigenvalue weighted by molar-refractivity contribution is 5.91. The molecule has 2 bridgehead atoms. The molecule has 11 nitrogen and oxygen atoms in total. The minimum atomic E-state index is -0.833. The summed E-state index contributed by atoms with van der Waals surface area (Å²) in [5.41, 5.74) is 7.35. The first kappa shape index (κ1) is 45.1. The number of carbonyl (C=O) groups excluding carboxylic acids is 3. The average Bonchev–Trinajstić information content (AvgIpc) is 3.75. The predicted octanol–water partition coefficient (Wildman–Crippen LogP) is 7.26. The third-order valence-corrected chi connectivity index (χ3v) is 16.8. The van der Waals surface area contributed by atoms with Gasteiger partial charge in [-0.3, -0.25) is 19.2 Å². The summed E-state index contributed by atoms with van der Waals surface area (Å²) in [7, 11) is 2.20. The van der Waals surface area contributed by atoms with Crippen LogP contribution in [0.5, 0.6) is 11.5 Å². The Morgan fingerprint density at radius 2 is 1.67 bits per heavy atom. The summed E-state index contributed by atoms with van der Waals surface area (Å²) < 4.78 is 6.04. The highest BCUT2D eigenvalue weighted by Gasteiger charge is 2.66. The summed E-state index contributed by atoms with van der Waals surface area (Å²) in [6.07, 6.45) is 13.2. The second-order valence-corrected chi connectivity index (χ2v) is 20.1. The number of piperidine rings is 1. The van der Waals surface area contributed by atoms with Crippen LogP contribution in [0.3, 0.4) is 0 Å². The lowest BCUT2D eigenvalue weighted by Crippen LogP contribution is -2.65. The molecule has 11 heteroatoms. The van der Waals surface area contributed by atoms with E-state index in [0.717, 1.165) is 76.8 Å². The maximum absolute atomic E-state index is 12.5. The minimum absolute atomic E-state index is 0.0288. The summed E-state index contributed by atoms with van der Waals surface area (Å²) >= 11 is 0. The van der Waals surface area contributed by atoms with E-state index >= 15 is 0 Å². The number of hydroxylamine groups is 1. The zero-order valence-corrected chi connectivity index (χ0v) is 37.0. The number of carboxylic acids is 1. The number of rotatable bonds is 5. The van der Waals surface area contributed by atoms with Crippen LogP contribution >= 0.6 is 0 Å². The standard InChI is InChI=1S/C22H32O3.C17H19NO3.C9H13NO.C2H4O2/c1-13(24)20-14(12-23)10-19-17-5-4-15-11-16(25)6-8-21(15,2)18(17)7-9-22(19,20)3;1-18-7-6-17-10-3-5-13(20)16(17)21-15-12(19)4-2-9(14(15)17)8-11(10)18;1-8(10-11)7-9-5-3-2-4-6-9;1-2(3)4/h11,14,17-20,23H,4-10,12H2,1-3H3;2,4,10-11,16,19H,3,5-8H2,1H3;2-6,8,10-11H,7H2,1H3;1H3,(H,3,4)/t14?,17-,18+,19+,20+,21+,22+;10-,11+,16-,17-;;/m10../s1. The Labute approximate surface area is 361 Å². The van der Waals surface area contributed by atoms with E-state index in [-0.39, 0.29) is 64.1 Å². The van der Waals surface area contributed by atoms with Crippen molar-refractivity contribution < 1.29 is 44.4 Å². The number of ether oxygens (including phenoxy) is 1. The summed E-state index contributed by atoms with van der Waals surface area (Å²) in [4.78, 5) is 48.3. The molecule has 2 aliphatic heterocycles. The highest BCUT2D eigenvalue weighted by Crippen LogP contribution is 2.68. The van der Waals surface area contributed by atoms with E-state index in [0.29, 0.717) is 54.1 Å². The maximum Gasteiger partial charge on any atom is 0.300 e. The van der Waals surface area contributed by atoms with E-state index in [1.165, 1.54) is 23.1 Å². The molecule has 332 valence electrons. The summed E-state index contributed by atoms with van der Waals surface area (Å²) in [6, 6.07) is 14.5. The lowest BCUT2D eigenvalue weighted by Gasteiger charge is -2.58. The second kappa shape index (κ2) is 17.7. The smallest absolute Gasteiger partial charge is 0.300 e. The first-order valence-corrected chi connectivity index (χ1v) is 22.7. The number of allylic oxidation sites excluding steroid dienone is 1. The van der Waals surface area contributed by atoms with E-state index in [2.05, 4.69) is 31.3 Å². The number of aliphatic hydroxyl groups is 1. The highest BCUT2D eigenvalue weighted by atomic mass is 16.5. The first-order chi connectivity index (χ1) is 29.0. The van der Waals surface area contributed by atoms with Gasteiger partial charge >= 0.3 is 0 Å². The van der Waals surface area contributed by atoms with Gasteiger partial charge in [0.05, 0.1) is 0 Å².